The molecule has 0 aliphatic carbocycles. The molecule has 31 heavy (non-hydrogen) atoms. The Balaban J connectivity index is 1.27. The summed E-state index contributed by atoms with van der Waals surface area (Å²) in [5.74, 6) is -0.0755. The average Bonchev–Trinajstić information content (AvgIpc) is 3.54. The molecule has 9 nitrogen and oxygen atoms in total. The predicted octanol–water partition coefficient (Wildman–Crippen LogP) is 2.64. The second-order valence-electron chi connectivity index (χ2n) is 7.36. The smallest absolute Gasteiger partial charge is 0.243 e. The van der Waals surface area contributed by atoms with E-state index in [4.69, 9.17) is 4.74 Å². The van der Waals surface area contributed by atoms with Crippen LogP contribution in [0, 0.1) is 0 Å². The van der Waals surface area contributed by atoms with Crippen LogP contribution in [0.15, 0.2) is 33.5 Å². The van der Waals surface area contributed by atoms with Gasteiger partial charge >= 0.3 is 0 Å². The van der Waals surface area contributed by atoms with Gasteiger partial charge < -0.3 is 15.4 Å². The normalized spacial score (nSPS) is 19.5. The van der Waals surface area contributed by atoms with Gasteiger partial charge in [0.05, 0.1) is 16.8 Å². The average molecular weight is 484 g/mol. The Morgan fingerprint density at radius 3 is 2.87 bits per heavy atom. The summed E-state index contributed by atoms with van der Waals surface area (Å²) >= 11 is 2.69. The maximum atomic E-state index is 12.7. The monoisotopic (exact) mass is 483 g/mol. The van der Waals surface area contributed by atoms with Crippen molar-refractivity contribution in [1.29, 1.82) is 0 Å². The summed E-state index contributed by atoms with van der Waals surface area (Å²) in [6, 6.07) is 6.39. The topological polar surface area (TPSA) is 114 Å². The highest BCUT2D eigenvalue weighted by atomic mass is 32.2. The van der Waals surface area contributed by atoms with E-state index in [1.807, 2.05) is 0 Å². The van der Waals surface area contributed by atoms with Gasteiger partial charge in [0.2, 0.25) is 21.1 Å². The third-order valence-corrected chi connectivity index (χ3v) is 8.97. The Morgan fingerprint density at radius 2 is 2.10 bits per heavy atom. The van der Waals surface area contributed by atoms with E-state index in [-0.39, 0.29) is 22.7 Å². The molecule has 2 fully saturated rings. The zero-order valence-electron chi connectivity index (χ0n) is 17.0. The number of carbonyl (C=O) groups is 1. The lowest BCUT2D eigenvalue weighted by Crippen LogP contribution is -2.28. The first-order valence-electron chi connectivity index (χ1n) is 10.2. The Kier molecular flexibility index (Phi) is 7.43. The van der Waals surface area contributed by atoms with E-state index in [1.54, 1.807) is 18.2 Å². The second-order valence-corrected chi connectivity index (χ2v) is 11.5. The maximum Gasteiger partial charge on any atom is 0.243 e. The van der Waals surface area contributed by atoms with Crippen LogP contribution in [-0.4, -0.2) is 66.9 Å². The van der Waals surface area contributed by atoms with Crippen LogP contribution in [0.2, 0.25) is 0 Å². The molecule has 168 valence electrons. The van der Waals surface area contributed by atoms with Crippen molar-refractivity contribution in [3.05, 3.63) is 24.3 Å². The number of nitrogens with one attached hydrogen (secondary N) is 2. The number of carbonyl (C=O) groups excluding carboxylic acids is 1. The molecule has 2 N–H and O–H groups in total. The standard InChI is InChI=1S/C19H25N5O4S3/c25-17(13-29-19-23-22-18(30-19)20-12-15-6-4-10-28-15)21-14-5-3-7-16(11-14)31(26,27)24-8-1-2-9-24/h3,5,7,11,15H,1-2,4,6,8-10,12-13H2,(H,20,22)(H,21,25)/t15-/m0/s1. The van der Waals surface area contributed by atoms with Gasteiger partial charge in [-0.05, 0) is 43.9 Å². The number of thioether (sulfide) groups is 1. The minimum atomic E-state index is -3.52. The molecule has 0 unspecified atom stereocenters. The number of hydrogen-bond acceptors (Lipinski definition) is 9. The Bertz CT molecular complexity index is 1000. The van der Waals surface area contributed by atoms with Crippen LogP contribution in [0.1, 0.15) is 25.7 Å². The molecular weight excluding hydrogens is 458 g/mol. The van der Waals surface area contributed by atoms with E-state index in [2.05, 4.69) is 20.8 Å². The number of anilines is 2. The zero-order chi connectivity index (χ0) is 21.7. The van der Waals surface area contributed by atoms with Crippen molar-refractivity contribution >= 4 is 49.8 Å². The van der Waals surface area contributed by atoms with Gasteiger partial charge in [0.1, 0.15) is 0 Å². The number of nitrogens with zero attached hydrogens (tertiary/aromatic N) is 3. The fourth-order valence-electron chi connectivity index (χ4n) is 3.48. The van der Waals surface area contributed by atoms with Gasteiger partial charge in [-0.1, -0.05) is 29.2 Å². The molecular formula is C19H25N5O4S3. The van der Waals surface area contributed by atoms with Crippen molar-refractivity contribution in [2.24, 2.45) is 0 Å². The zero-order valence-corrected chi connectivity index (χ0v) is 19.4. The number of benzene rings is 1. The molecule has 0 radical (unpaired) electrons. The van der Waals surface area contributed by atoms with Crippen molar-refractivity contribution in [2.75, 3.05) is 42.6 Å². The fraction of sp³-hybridized carbons (Fsp3) is 0.526. The molecule has 1 amide bonds. The number of amides is 1. The lowest BCUT2D eigenvalue weighted by molar-refractivity contribution is -0.113. The maximum absolute atomic E-state index is 12.7. The highest BCUT2D eigenvalue weighted by Gasteiger charge is 2.27. The summed E-state index contributed by atoms with van der Waals surface area (Å²) in [4.78, 5) is 12.5. The summed E-state index contributed by atoms with van der Waals surface area (Å²) in [7, 11) is -3.52. The van der Waals surface area contributed by atoms with Crippen molar-refractivity contribution in [3.63, 3.8) is 0 Å². The summed E-state index contributed by atoms with van der Waals surface area (Å²) in [5.41, 5.74) is 0.460. The fourth-order valence-corrected chi connectivity index (χ4v) is 6.60. The van der Waals surface area contributed by atoms with Gasteiger partial charge in [0.15, 0.2) is 4.34 Å². The van der Waals surface area contributed by atoms with E-state index < -0.39 is 10.0 Å². The third-order valence-electron chi connectivity index (χ3n) is 5.06. The Hall–Kier alpha value is -1.73. The Labute approximate surface area is 190 Å². The van der Waals surface area contributed by atoms with E-state index in [0.29, 0.717) is 34.8 Å². The number of sulfonamides is 1. The van der Waals surface area contributed by atoms with Gasteiger partial charge in [-0.15, -0.1) is 10.2 Å². The predicted molar refractivity (Wildman–Crippen MR) is 121 cm³/mol. The molecule has 0 spiro atoms. The molecule has 2 aromatic rings. The van der Waals surface area contributed by atoms with Crippen LogP contribution in [-0.2, 0) is 19.6 Å². The van der Waals surface area contributed by atoms with Gasteiger partial charge in [-0.3, -0.25) is 4.79 Å². The second kappa shape index (κ2) is 10.3. The summed E-state index contributed by atoms with van der Waals surface area (Å²) in [5, 5.41) is 14.9. The number of rotatable bonds is 9. The molecule has 2 saturated heterocycles. The molecule has 2 aliphatic rings. The van der Waals surface area contributed by atoms with Gasteiger partial charge in [0, 0.05) is 31.9 Å². The minimum Gasteiger partial charge on any atom is -0.376 e. The summed E-state index contributed by atoms with van der Waals surface area (Å²) < 4.78 is 33.2. The van der Waals surface area contributed by atoms with Crippen LogP contribution in [0.5, 0.6) is 0 Å². The number of aromatic nitrogens is 2. The van der Waals surface area contributed by atoms with E-state index >= 15 is 0 Å². The van der Waals surface area contributed by atoms with E-state index in [1.165, 1.54) is 33.5 Å². The first-order valence-corrected chi connectivity index (χ1v) is 13.5. The van der Waals surface area contributed by atoms with Crippen molar-refractivity contribution < 1.29 is 17.9 Å². The molecule has 12 heteroatoms. The molecule has 1 aromatic heterocycles. The van der Waals surface area contributed by atoms with Crippen molar-refractivity contribution in [1.82, 2.24) is 14.5 Å². The first kappa shape index (κ1) is 22.5. The largest absolute Gasteiger partial charge is 0.376 e. The molecule has 0 bridgehead atoms. The first-order chi connectivity index (χ1) is 15.0. The van der Waals surface area contributed by atoms with E-state index in [0.717, 1.165) is 32.3 Å². The highest BCUT2D eigenvalue weighted by Crippen LogP contribution is 2.27. The minimum absolute atomic E-state index is 0.156. The highest BCUT2D eigenvalue weighted by molar-refractivity contribution is 8.01. The van der Waals surface area contributed by atoms with Crippen LogP contribution in [0.4, 0.5) is 10.8 Å². The molecule has 4 rings (SSSR count). The van der Waals surface area contributed by atoms with Crippen LogP contribution in [0.3, 0.4) is 0 Å². The molecule has 1 aromatic carbocycles. The molecule has 3 heterocycles. The van der Waals surface area contributed by atoms with E-state index in [9.17, 15) is 13.2 Å². The van der Waals surface area contributed by atoms with Crippen LogP contribution in [0.25, 0.3) is 0 Å². The quantitative estimate of drug-likeness (QED) is 0.524. The lowest BCUT2D eigenvalue weighted by Gasteiger charge is -2.16. The van der Waals surface area contributed by atoms with Crippen LogP contribution < -0.4 is 10.6 Å². The summed E-state index contributed by atoms with van der Waals surface area (Å²) in [6.45, 7) is 2.60. The molecule has 1 atom stereocenters. The number of ether oxygens (including phenoxy) is 1. The van der Waals surface area contributed by atoms with Gasteiger partial charge in [0.25, 0.3) is 0 Å². The SMILES string of the molecule is O=C(CSc1nnc(NC[C@@H]2CCCO2)s1)Nc1cccc(S(=O)(=O)N2CCCC2)c1. The summed E-state index contributed by atoms with van der Waals surface area (Å²) in [6.07, 6.45) is 4.12. The van der Waals surface area contributed by atoms with Crippen LogP contribution >= 0.6 is 23.1 Å². The third kappa shape index (κ3) is 5.95. The number of hydrogen-bond donors (Lipinski definition) is 2. The van der Waals surface area contributed by atoms with Gasteiger partial charge in [-0.25, -0.2) is 8.42 Å². The Morgan fingerprint density at radius 1 is 1.26 bits per heavy atom. The van der Waals surface area contributed by atoms with Crippen molar-refractivity contribution in [3.8, 4) is 0 Å². The molecule has 0 saturated carbocycles. The van der Waals surface area contributed by atoms with Gasteiger partial charge in [-0.2, -0.15) is 4.31 Å². The molecule has 2 aliphatic heterocycles. The lowest BCUT2D eigenvalue weighted by atomic mass is 10.2. The van der Waals surface area contributed by atoms with Crippen molar-refractivity contribution in [2.45, 2.75) is 41.0 Å².